The molecule has 0 spiro atoms. The molecule has 0 N–H and O–H groups in total. The Bertz CT molecular complexity index is 481. The third kappa shape index (κ3) is 5.39. The number of nitrogens with zero attached hydrogens (tertiary/aromatic N) is 1. The van der Waals surface area contributed by atoms with E-state index < -0.39 is 0 Å². The van der Waals surface area contributed by atoms with Crippen LogP contribution in [0.3, 0.4) is 0 Å². The number of carbonyl (C=O) groups excluding carboxylic acids is 1. The van der Waals surface area contributed by atoms with Crippen LogP contribution in [-0.4, -0.2) is 43.7 Å². The molecule has 1 aliphatic rings. The number of unbranched alkanes of at least 4 members (excludes halogenated alkanes) is 1. The number of hydrogen-bond donors (Lipinski definition) is 0. The fraction of sp³-hybridized carbons (Fsp3) is 0.588. The van der Waals surface area contributed by atoms with E-state index in [1.54, 1.807) is 6.07 Å². The first-order valence-electron chi connectivity index (χ1n) is 7.94. The predicted octanol–water partition coefficient (Wildman–Crippen LogP) is 2.93. The monoisotopic (exact) mass is 309 g/mol. The molecule has 0 aliphatic carbocycles. The lowest BCUT2D eigenvalue weighted by atomic mass is 10.1. The second kappa shape index (κ2) is 8.86. The molecule has 122 valence electrons. The number of halogens is 1. The van der Waals surface area contributed by atoms with Gasteiger partial charge in [-0.2, -0.15) is 0 Å². The van der Waals surface area contributed by atoms with E-state index in [0.717, 1.165) is 38.0 Å². The fourth-order valence-corrected chi connectivity index (χ4v) is 2.65. The lowest BCUT2D eigenvalue weighted by Gasteiger charge is -2.33. The largest absolute Gasteiger partial charge is 0.466 e. The van der Waals surface area contributed by atoms with Gasteiger partial charge >= 0.3 is 5.97 Å². The quantitative estimate of drug-likeness (QED) is 0.573. The molecule has 1 saturated heterocycles. The first-order valence-corrected chi connectivity index (χ1v) is 7.94. The summed E-state index contributed by atoms with van der Waals surface area (Å²) >= 11 is 0. The molecule has 0 saturated carbocycles. The molecule has 4 nitrogen and oxygen atoms in total. The Morgan fingerprint density at radius 3 is 3.09 bits per heavy atom. The molecular formula is C17H24FNO3. The predicted molar refractivity (Wildman–Crippen MR) is 82.0 cm³/mol. The Morgan fingerprint density at radius 1 is 1.45 bits per heavy atom. The third-order valence-corrected chi connectivity index (χ3v) is 3.78. The number of ether oxygens (including phenoxy) is 2. The van der Waals surface area contributed by atoms with Crippen LogP contribution in [0.5, 0.6) is 0 Å². The smallest absolute Gasteiger partial charge is 0.305 e. The van der Waals surface area contributed by atoms with Crippen molar-refractivity contribution in [2.45, 2.75) is 32.3 Å². The normalized spacial score (nSPS) is 19.1. The highest BCUT2D eigenvalue weighted by Crippen LogP contribution is 2.23. The van der Waals surface area contributed by atoms with Gasteiger partial charge in [0.05, 0.1) is 19.3 Å². The van der Waals surface area contributed by atoms with Crippen molar-refractivity contribution in [2.24, 2.45) is 0 Å². The highest BCUT2D eigenvalue weighted by molar-refractivity contribution is 5.69. The molecule has 2 rings (SSSR count). The molecule has 0 unspecified atom stereocenters. The second-order valence-electron chi connectivity index (χ2n) is 5.48. The van der Waals surface area contributed by atoms with E-state index >= 15 is 0 Å². The van der Waals surface area contributed by atoms with Crippen molar-refractivity contribution in [1.82, 2.24) is 4.90 Å². The van der Waals surface area contributed by atoms with Gasteiger partial charge in [-0.25, -0.2) is 4.39 Å². The lowest BCUT2D eigenvalue weighted by Crippen LogP contribution is -2.38. The van der Waals surface area contributed by atoms with Crippen LogP contribution in [0.4, 0.5) is 4.39 Å². The molecule has 0 aromatic heterocycles. The molecule has 0 amide bonds. The highest BCUT2D eigenvalue weighted by atomic mass is 19.1. The zero-order valence-corrected chi connectivity index (χ0v) is 13.1. The van der Waals surface area contributed by atoms with Crippen molar-refractivity contribution >= 4 is 5.97 Å². The summed E-state index contributed by atoms with van der Waals surface area (Å²) in [4.78, 5) is 13.6. The van der Waals surface area contributed by atoms with E-state index in [1.807, 2.05) is 13.0 Å². The fourth-order valence-electron chi connectivity index (χ4n) is 2.65. The van der Waals surface area contributed by atoms with Crippen molar-refractivity contribution in [3.63, 3.8) is 0 Å². The maximum Gasteiger partial charge on any atom is 0.305 e. The summed E-state index contributed by atoms with van der Waals surface area (Å²) in [6, 6.07) is 6.60. The van der Waals surface area contributed by atoms with Crippen molar-refractivity contribution in [1.29, 1.82) is 0 Å². The van der Waals surface area contributed by atoms with Gasteiger partial charge < -0.3 is 9.47 Å². The van der Waals surface area contributed by atoms with Crippen LogP contribution >= 0.6 is 0 Å². The highest BCUT2D eigenvalue weighted by Gasteiger charge is 2.21. The van der Waals surface area contributed by atoms with Crippen molar-refractivity contribution in [3.05, 3.63) is 35.6 Å². The molecule has 1 aromatic rings. The minimum absolute atomic E-state index is 0.0745. The number of esters is 1. The number of rotatable bonds is 7. The van der Waals surface area contributed by atoms with Gasteiger partial charge in [-0.05, 0) is 44.0 Å². The summed E-state index contributed by atoms with van der Waals surface area (Å²) in [7, 11) is 0. The lowest BCUT2D eigenvalue weighted by molar-refractivity contribution is -0.143. The summed E-state index contributed by atoms with van der Waals surface area (Å²) in [5.41, 5.74) is 0.885. The molecule has 1 aliphatic heterocycles. The van der Waals surface area contributed by atoms with Gasteiger partial charge in [0.2, 0.25) is 0 Å². The van der Waals surface area contributed by atoms with Crippen molar-refractivity contribution < 1.29 is 18.7 Å². The SMILES string of the molecule is CCOC(=O)CCCCN1CCO[C@@H](c2cccc(F)c2)C1. The Balaban J connectivity index is 1.73. The van der Waals surface area contributed by atoms with E-state index in [1.165, 1.54) is 12.1 Å². The van der Waals surface area contributed by atoms with Crippen molar-refractivity contribution in [3.8, 4) is 0 Å². The summed E-state index contributed by atoms with van der Waals surface area (Å²) < 4.78 is 23.9. The third-order valence-electron chi connectivity index (χ3n) is 3.78. The molecule has 22 heavy (non-hydrogen) atoms. The molecule has 0 bridgehead atoms. The van der Waals surface area contributed by atoms with E-state index in [0.29, 0.717) is 19.6 Å². The molecule has 1 atom stereocenters. The molecule has 1 heterocycles. The zero-order chi connectivity index (χ0) is 15.8. The topological polar surface area (TPSA) is 38.8 Å². The van der Waals surface area contributed by atoms with Crippen LogP contribution < -0.4 is 0 Å². The van der Waals surface area contributed by atoms with E-state index in [9.17, 15) is 9.18 Å². The number of hydrogen-bond acceptors (Lipinski definition) is 4. The Labute approximate surface area is 131 Å². The van der Waals surface area contributed by atoms with Crippen LogP contribution in [0.25, 0.3) is 0 Å². The first kappa shape index (κ1) is 16.9. The molecule has 1 fully saturated rings. The first-order chi connectivity index (χ1) is 10.7. The standard InChI is InChI=1S/C17H24FNO3/c1-2-21-17(20)8-3-4-9-19-10-11-22-16(13-19)14-6-5-7-15(18)12-14/h5-7,12,16H,2-4,8-11,13H2,1H3/t16-/m1/s1. The Kier molecular flexibility index (Phi) is 6.80. The van der Waals surface area contributed by atoms with Crippen molar-refractivity contribution in [2.75, 3.05) is 32.8 Å². The summed E-state index contributed by atoms with van der Waals surface area (Å²) in [6.45, 7) is 5.48. The average molecular weight is 309 g/mol. The number of morpholine rings is 1. The Hall–Kier alpha value is -1.46. The number of benzene rings is 1. The van der Waals surface area contributed by atoms with Gasteiger partial charge in [-0.1, -0.05) is 12.1 Å². The zero-order valence-electron chi connectivity index (χ0n) is 13.1. The summed E-state index contributed by atoms with van der Waals surface area (Å²) in [5.74, 6) is -0.352. The van der Waals surface area contributed by atoms with Crippen LogP contribution in [-0.2, 0) is 14.3 Å². The summed E-state index contributed by atoms with van der Waals surface area (Å²) in [6.07, 6.45) is 2.19. The van der Waals surface area contributed by atoms with Crippen LogP contribution in [0.1, 0.15) is 37.9 Å². The average Bonchev–Trinajstić information content (AvgIpc) is 2.52. The Morgan fingerprint density at radius 2 is 2.32 bits per heavy atom. The van der Waals surface area contributed by atoms with Gasteiger partial charge in [0.25, 0.3) is 0 Å². The van der Waals surface area contributed by atoms with Gasteiger partial charge in [-0.3, -0.25) is 9.69 Å². The molecular weight excluding hydrogens is 285 g/mol. The van der Waals surface area contributed by atoms with Gasteiger partial charge in [0, 0.05) is 19.5 Å². The molecule has 0 radical (unpaired) electrons. The van der Waals surface area contributed by atoms with Gasteiger partial charge in [0.1, 0.15) is 5.82 Å². The van der Waals surface area contributed by atoms with Gasteiger partial charge in [0.15, 0.2) is 0 Å². The molecule has 1 aromatic carbocycles. The van der Waals surface area contributed by atoms with Gasteiger partial charge in [-0.15, -0.1) is 0 Å². The van der Waals surface area contributed by atoms with E-state index in [4.69, 9.17) is 9.47 Å². The van der Waals surface area contributed by atoms with Crippen LogP contribution in [0.15, 0.2) is 24.3 Å². The summed E-state index contributed by atoms with van der Waals surface area (Å²) in [5, 5.41) is 0. The maximum absolute atomic E-state index is 13.3. The maximum atomic E-state index is 13.3. The second-order valence-corrected chi connectivity index (χ2v) is 5.48. The van der Waals surface area contributed by atoms with Crippen LogP contribution in [0, 0.1) is 5.82 Å². The van der Waals surface area contributed by atoms with E-state index in [2.05, 4.69) is 4.90 Å². The number of carbonyl (C=O) groups is 1. The minimum Gasteiger partial charge on any atom is -0.466 e. The van der Waals surface area contributed by atoms with E-state index in [-0.39, 0.29) is 17.9 Å². The molecule has 5 heteroatoms. The minimum atomic E-state index is -0.229. The van der Waals surface area contributed by atoms with Crippen LogP contribution in [0.2, 0.25) is 0 Å².